The Kier molecular flexibility index (Phi) is 3.57. The topological polar surface area (TPSA) is 44.8 Å². The molecule has 1 rings (SSSR count). The Balaban J connectivity index is 2.97. The number of allylic oxidation sites excluding steroid dienone is 2. The van der Waals surface area contributed by atoms with Crippen molar-refractivity contribution in [3.63, 3.8) is 0 Å². The third kappa shape index (κ3) is 1.77. The van der Waals surface area contributed by atoms with Gasteiger partial charge in [-0.2, -0.15) is 0 Å². The minimum atomic E-state index is -0.929. The van der Waals surface area contributed by atoms with E-state index in [0.29, 0.717) is 5.57 Å². The molecule has 0 aromatic rings. The van der Waals surface area contributed by atoms with Gasteiger partial charge in [-0.25, -0.2) is 0 Å². The molecule has 1 atom stereocenters. The van der Waals surface area contributed by atoms with E-state index in [-0.39, 0.29) is 0 Å². The van der Waals surface area contributed by atoms with E-state index in [9.17, 15) is 4.79 Å². The molecule has 4 nitrogen and oxygen atoms in total. The fraction of sp³-hybridized carbons (Fsp3) is 0.500. The molecule has 1 unspecified atom stereocenters. The molecule has 1 aliphatic rings. The SMILES string of the molecule is COC1C=C(C=O)C=CC1(OC)OC. The van der Waals surface area contributed by atoms with Crippen molar-refractivity contribution >= 4 is 6.29 Å². The number of hydrogen-bond donors (Lipinski definition) is 0. The summed E-state index contributed by atoms with van der Waals surface area (Å²) in [5.41, 5.74) is 0.557. The van der Waals surface area contributed by atoms with Gasteiger partial charge < -0.3 is 14.2 Å². The first-order valence-electron chi connectivity index (χ1n) is 4.21. The number of carbonyl (C=O) groups is 1. The van der Waals surface area contributed by atoms with Gasteiger partial charge >= 0.3 is 0 Å². The molecule has 0 aliphatic heterocycles. The van der Waals surface area contributed by atoms with Gasteiger partial charge in [0.15, 0.2) is 0 Å². The predicted molar refractivity (Wildman–Crippen MR) is 50.8 cm³/mol. The van der Waals surface area contributed by atoms with Crippen LogP contribution in [0.2, 0.25) is 0 Å². The second kappa shape index (κ2) is 4.50. The first kappa shape index (κ1) is 11.1. The Bertz CT molecular complexity index is 263. The molecule has 0 aromatic carbocycles. The van der Waals surface area contributed by atoms with E-state index in [2.05, 4.69) is 0 Å². The third-order valence-electron chi connectivity index (χ3n) is 2.28. The van der Waals surface area contributed by atoms with Crippen LogP contribution in [0.1, 0.15) is 0 Å². The van der Waals surface area contributed by atoms with Crippen molar-refractivity contribution in [2.75, 3.05) is 21.3 Å². The average Bonchev–Trinajstić information content (AvgIpc) is 2.28. The third-order valence-corrected chi connectivity index (χ3v) is 2.28. The number of hydrogen-bond acceptors (Lipinski definition) is 4. The summed E-state index contributed by atoms with van der Waals surface area (Å²) in [7, 11) is 4.59. The molecule has 0 amide bonds. The average molecular weight is 198 g/mol. The zero-order valence-electron chi connectivity index (χ0n) is 8.52. The Morgan fingerprint density at radius 3 is 2.43 bits per heavy atom. The van der Waals surface area contributed by atoms with Crippen molar-refractivity contribution in [3.8, 4) is 0 Å². The highest BCUT2D eigenvalue weighted by atomic mass is 16.7. The summed E-state index contributed by atoms with van der Waals surface area (Å²) < 4.78 is 15.6. The maximum atomic E-state index is 10.6. The molecule has 78 valence electrons. The molecule has 0 bridgehead atoms. The minimum Gasteiger partial charge on any atom is -0.371 e. The van der Waals surface area contributed by atoms with Crippen LogP contribution in [0, 0.1) is 0 Å². The maximum absolute atomic E-state index is 10.6. The lowest BCUT2D eigenvalue weighted by atomic mass is 9.99. The van der Waals surface area contributed by atoms with Crippen LogP contribution < -0.4 is 0 Å². The summed E-state index contributed by atoms with van der Waals surface area (Å²) in [6.45, 7) is 0. The summed E-state index contributed by atoms with van der Waals surface area (Å²) in [6.07, 6.45) is 5.33. The smallest absolute Gasteiger partial charge is 0.218 e. The van der Waals surface area contributed by atoms with Gasteiger partial charge in [0, 0.05) is 26.9 Å². The molecule has 0 spiro atoms. The van der Waals surface area contributed by atoms with Crippen molar-refractivity contribution in [2.24, 2.45) is 0 Å². The largest absolute Gasteiger partial charge is 0.371 e. The van der Waals surface area contributed by atoms with Crippen molar-refractivity contribution in [3.05, 3.63) is 23.8 Å². The molecule has 0 saturated heterocycles. The molecule has 0 heterocycles. The first-order valence-corrected chi connectivity index (χ1v) is 4.21. The van der Waals surface area contributed by atoms with Crippen LogP contribution in [-0.4, -0.2) is 39.5 Å². The van der Waals surface area contributed by atoms with E-state index in [1.807, 2.05) is 0 Å². The summed E-state index contributed by atoms with van der Waals surface area (Å²) in [5.74, 6) is -0.929. The van der Waals surface area contributed by atoms with E-state index in [1.54, 1.807) is 18.2 Å². The van der Waals surface area contributed by atoms with Crippen LogP contribution in [0.5, 0.6) is 0 Å². The second-order valence-electron chi connectivity index (χ2n) is 2.90. The fourth-order valence-corrected chi connectivity index (χ4v) is 1.42. The molecule has 0 fully saturated rings. The molecule has 0 aromatic heterocycles. The standard InChI is InChI=1S/C10H14O4/c1-12-9-6-8(7-11)4-5-10(9,13-2)14-3/h4-7,9H,1-3H3. The molecular formula is C10H14O4. The van der Waals surface area contributed by atoms with Gasteiger partial charge in [0.25, 0.3) is 0 Å². The van der Waals surface area contributed by atoms with Crippen LogP contribution in [0.25, 0.3) is 0 Å². The van der Waals surface area contributed by atoms with Crippen molar-refractivity contribution in [2.45, 2.75) is 11.9 Å². The lowest BCUT2D eigenvalue weighted by Gasteiger charge is -2.35. The molecule has 14 heavy (non-hydrogen) atoms. The number of rotatable bonds is 4. The number of ether oxygens (including phenoxy) is 3. The summed E-state index contributed by atoms with van der Waals surface area (Å²) in [4.78, 5) is 10.6. The Labute approximate surface area is 83.1 Å². The molecule has 0 radical (unpaired) electrons. The lowest BCUT2D eigenvalue weighted by molar-refractivity contribution is -0.220. The predicted octanol–water partition coefficient (Wildman–Crippen LogP) is 0.686. The van der Waals surface area contributed by atoms with Gasteiger partial charge in [-0.05, 0) is 12.2 Å². The van der Waals surface area contributed by atoms with Crippen molar-refractivity contribution < 1.29 is 19.0 Å². The molecule has 0 saturated carbocycles. The van der Waals surface area contributed by atoms with Crippen molar-refractivity contribution in [1.82, 2.24) is 0 Å². The van der Waals surface area contributed by atoms with Crippen LogP contribution in [0.15, 0.2) is 23.8 Å². The van der Waals surface area contributed by atoms with E-state index in [1.165, 1.54) is 21.3 Å². The number of aldehydes is 1. The normalized spacial score (nSPS) is 24.5. The van der Waals surface area contributed by atoms with Crippen LogP contribution in [0.3, 0.4) is 0 Å². The molecule has 1 aliphatic carbocycles. The highest BCUT2D eigenvalue weighted by Gasteiger charge is 2.38. The van der Waals surface area contributed by atoms with E-state index < -0.39 is 11.9 Å². The fourth-order valence-electron chi connectivity index (χ4n) is 1.42. The summed E-state index contributed by atoms with van der Waals surface area (Å²) >= 11 is 0. The second-order valence-corrected chi connectivity index (χ2v) is 2.90. The molecule has 4 heteroatoms. The zero-order chi connectivity index (χ0) is 10.6. The van der Waals surface area contributed by atoms with Crippen molar-refractivity contribution in [1.29, 1.82) is 0 Å². The first-order chi connectivity index (χ1) is 6.72. The summed E-state index contributed by atoms with van der Waals surface area (Å²) in [5, 5.41) is 0. The monoisotopic (exact) mass is 198 g/mol. The van der Waals surface area contributed by atoms with Gasteiger partial charge in [-0.3, -0.25) is 4.79 Å². The van der Waals surface area contributed by atoms with E-state index in [4.69, 9.17) is 14.2 Å². The van der Waals surface area contributed by atoms with E-state index >= 15 is 0 Å². The highest BCUT2D eigenvalue weighted by molar-refractivity contribution is 5.78. The summed E-state index contributed by atoms with van der Waals surface area (Å²) in [6, 6.07) is 0. The van der Waals surface area contributed by atoms with Gasteiger partial charge in [0.1, 0.15) is 12.4 Å². The Morgan fingerprint density at radius 2 is 2.00 bits per heavy atom. The highest BCUT2D eigenvalue weighted by Crippen LogP contribution is 2.27. The maximum Gasteiger partial charge on any atom is 0.218 e. The molecule has 0 N–H and O–H groups in total. The number of methoxy groups -OCH3 is 3. The van der Waals surface area contributed by atoms with Crippen LogP contribution >= 0.6 is 0 Å². The van der Waals surface area contributed by atoms with Gasteiger partial charge in [-0.15, -0.1) is 0 Å². The van der Waals surface area contributed by atoms with Gasteiger partial charge in [0.2, 0.25) is 5.79 Å². The van der Waals surface area contributed by atoms with Crippen LogP contribution in [-0.2, 0) is 19.0 Å². The minimum absolute atomic E-state index is 0.414. The number of carbonyl (C=O) groups excluding carboxylic acids is 1. The van der Waals surface area contributed by atoms with E-state index in [0.717, 1.165) is 6.29 Å². The van der Waals surface area contributed by atoms with Crippen LogP contribution in [0.4, 0.5) is 0 Å². The Hall–Kier alpha value is -0.970. The zero-order valence-corrected chi connectivity index (χ0v) is 8.52. The quantitative estimate of drug-likeness (QED) is 0.492. The lowest BCUT2D eigenvalue weighted by Crippen LogP contribution is -2.45. The van der Waals surface area contributed by atoms with Gasteiger partial charge in [-0.1, -0.05) is 6.08 Å². The Morgan fingerprint density at radius 1 is 1.36 bits per heavy atom. The van der Waals surface area contributed by atoms with Gasteiger partial charge in [0.05, 0.1) is 0 Å². The molecular weight excluding hydrogens is 184 g/mol.